The molecule has 0 unspecified atom stereocenters. The van der Waals surface area contributed by atoms with Crippen LogP contribution in [0.5, 0.6) is 5.75 Å². The number of benzene rings is 2. The van der Waals surface area contributed by atoms with Gasteiger partial charge in [0.05, 0.1) is 23.2 Å². The first kappa shape index (κ1) is 12.6. The van der Waals surface area contributed by atoms with Gasteiger partial charge in [0.2, 0.25) is 0 Å². The number of imidazole rings is 1. The molecule has 3 rings (SSSR count). The van der Waals surface area contributed by atoms with Crippen molar-refractivity contribution in [3.05, 3.63) is 48.3 Å². The smallest absolute Gasteiger partial charge is 0.147 e. The molecule has 0 saturated carbocycles. The molecule has 0 atom stereocenters. The predicted octanol–water partition coefficient (Wildman–Crippen LogP) is 2.54. The van der Waals surface area contributed by atoms with Crippen molar-refractivity contribution in [2.45, 2.75) is 6.54 Å². The number of halogens is 1. The molecule has 0 aliphatic heterocycles. The van der Waals surface area contributed by atoms with Gasteiger partial charge in [-0.1, -0.05) is 18.2 Å². The minimum absolute atomic E-state index is 0.0529. The lowest BCUT2D eigenvalue weighted by Crippen LogP contribution is -2.05. The molecule has 4 nitrogen and oxygen atoms in total. The molecule has 0 saturated heterocycles. The van der Waals surface area contributed by atoms with Crippen molar-refractivity contribution in [1.82, 2.24) is 9.55 Å². The molecule has 0 aliphatic carbocycles. The molecule has 2 N–H and O–H groups in total. The molecule has 0 radical (unpaired) electrons. The van der Waals surface area contributed by atoms with Gasteiger partial charge in [0.1, 0.15) is 17.4 Å². The number of phenols is 1. The van der Waals surface area contributed by atoms with E-state index in [4.69, 9.17) is 0 Å². The zero-order valence-electron chi connectivity index (χ0n) is 10.6. The average molecular weight is 272 g/mol. The van der Waals surface area contributed by atoms with Gasteiger partial charge in [0, 0.05) is 6.54 Å². The summed E-state index contributed by atoms with van der Waals surface area (Å²) in [5, 5.41) is 19.1. The maximum Gasteiger partial charge on any atom is 0.147 e. The summed E-state index contributed by atoms with van der Waals surface area (Å²) in [5.74, 6) is -0.394. The van der Waals surface area contributed by atoms with Crippen LogP contribution in [-0.2, 0) is 6.54 Å². The lowest BCUT2D eigenvalue weighted by molar-refractivity contribution is 0.278. The quantitative estimate of drug-likeness (QED) is 0.770. The highest BCUT2D eigenvalue weighted by atomic mass is 19.1. The van der Waals surface area contributed by atoms with Crippen LogP contribution >= 0.6 is 0 Å². The Morgan fingerprint density at radius 2 is 1.90 bits per heavy atom. The van der Waals surface area contributed by atoms with E-state index in [1.54, 1.807) is 4.57 Å². The number of aromatic nitrogens is 2. The van der Waals surface area contributed by atoms with E-state index in [0.717, 1.165) is 5.52 Å². The third-order valence-electron chi connectivity index (χ3n) is 3.19. The summed E-state index contributed by atoms with van der Waals surface area (Å²) in [6.45, 7) is 0.187. The van der Waals surface area contributed by atoms with Gasteiger partial charge in [-0.3, -0.25) is 0 Å². The fourth-order valence-corrected chi connectivity index (χ4v) is 2.33. The van der Waals surface area contributed by atoms with Crippen LogP contribution < -0.4 is 0 Å². The first-order valence-electron chi connectivity index (χ1n) is 6.26. The summed E-state index contributed by atoms with van der Waals surface area (Å²) in [6.07, 6.45) is 0. The van der Waals surface area contributed by atoms with Gasteiger partial charge in [-0.25, -0.2) is 9.37 Å². The summed E-state index contributed by atoms with van der Waals surface area (Å²) in [4.78, 5) is 4.38. The number of hydrogen-bond donors (Lipinski definition) is 2. The maximum absolute atomic E-state index is 14.0. The van der Waals surface area contributed by atoms with Crippen molar-refractivity contribution < 1.29 is 14.6 Å². The standard InChI is InChI=1S/C15H13FN2O2/c16-10-4-3-7-13(20)14(10)15-17-11-5-1-2-6-12(11)18(15)8-9-19/h1-7,19-20H,8-9H2. The van der Waals surface area contributed by atoms with Gasteiger partial charge < -0.3 is 14.8 Å². The molecule has 20 heavy (non-hydrogen) atoms. The zero-order valence-corrected chi connectivity index (χ0v) is 10.6. The highest BCUT2D eigenvalue weighted by Gasteiger charge is 2.18. The zero-order chi connectivity index (χ0) is 14.1. The average Bonchev–Trinajstić information content (AvgIpc) is 2.78. The van der Waals surface area contributed by atoms with E-state index in [2.05, 4.69) is 4.98 Å². The monoisotopic (exact) mass is 272 g/mol. The van der Waals surface area contributed by atoms with E-state index in [-0.39, 0.29) is 24.5 Å². The minimum atomic E-state index is -0.542. The van der Waals surface area contributed by atoms with Crippen molar-refractivity contribution in [1.29, 1.82) is 0 Å². The van der Waals surface area contributed by atoms with Crippen LogP contribution in [0.3, 0.4) is 0 Å². The van der Waals surface area contributed by atoms with Crippen molar-refractivity contribution in [2.75, 3.05) is 6.61 Å². The molecule has 0 bridgehead atoms. The van der Waals surface area contributed by atoms with Crippen molar-refractivity contribution in [3.8, 4) is 17.1 Å². The Labute approximate surface area is 114 Å². The number of aromatic hydroxyl groups is 1. The fourth-order valence-electron chi connectivity index (χ4n) is 2.33. The van der Waals surface area contributed by atoms with Crippen LogP contribution in [0.25, 0.3) is 22.4 Å². The molecule has 3 aromatic rings. The normalized spacial score (nSPS) is 11.1. The molecule has 1 heterocycles. The van der Waals surface area contributed by atoms with Gasteiger partial charge in [0.25, 0.3) is 0 Å². The minimum Gasteiger partial charge on any atom is -0.507 e. The topological polar surface area (TPSA) is 58.3 Å². The predicted molar refractivity (Wildman–Crippen MR) is 73.9 cm³/mol. The Morgan fingerprint density at radius 1 is 1.10 bits per heavy atom. The summed E-state index contributed by atoms with van der Waals surface area (Å²) in [6, 6.07) is 11.5. The third-order valence-corrected chi connectivity index (χ3v) is 3.19. The van der Waals surface area contributed by atoms with E-state index >= 15 is 0 Å². The van der Waals surface area contributed by atoms with Crippen LogP contribution in [-0.4, -0.2) is 26.4 Å². The Kier molecular flexibility index (Phi) is 3.12. The summed E-state index contributed by atoms with van der Waals surface area (Å²) < 4.78 is 15.7. The van der Waals surface area contributed by atoms with Crippen molar-refractivity contribution >= 4 is 11.0 Å². The summed E-state index contributed by atoms with van der Waals surface area (Å²) in [7, 11) is 0. The highest BCUT2D eigenvalue weighted by Crippen LogP contribution is 2.33. The Morgan fingerprint density at radius 3 is 2.65 bits per heavy atom. The molecular formula is C15H13FN2O2. The number of para-hydroxylation sites is 2. The fraction of sp³-hybridized carbons (Fsp3) is 0.133. The Bertz CT molecular complexity index is 747. The number of rotatable bonds is 3. The van der Waals surface area contributed by atoms with Crippen LogP contribution in [0, 0.1) is 5.82 Å². The number of nitrogens with zero attached hydrogens (tertiary/aromatic N) is 2. The Hall–Kier alpha value is -2.40. The molecule has 2 aromatic carbocycles. The SMILES string of the molecule is OCCn1c(-c2c(O)cccc2F)nc2ccccc21. The molecule has 1 aromatic heterocycles. The molecule has 0 spiro atoms. The van der Waals surface area contributed by atoms with Gasteiger partial charge in [-0.15, -0.1) is 0 Å². The second-order valence-electron chi connectivity index (χ2n) is 4.43. The number of fused-ring (bicyclic) bond motifs is 1. The Balaban J connectivity index is 2.33. The van der Waals surface area contributed by atoms with E-state index < -0.39 is 5.82 Å². The largest absolute Gasteiger partial charge is 0.507 e. The van der Waals surface area contributed by atoms with E-state index in [0.29, 0.717) is 11.3 Å². The van der Waals surface area contributed by atoms with E-state index in [1.165, 1.54) is 18.2 Å². The van der Waals surface area contributed by atoms with Crippen LogP contribution in [0.15, 0.2) is 42.5 Å². The number of phenolic OH excluding ortho intramolecular Hbond substituents is 1. The van der Waals surface area contributed by atoms with Gasteiger partial charge in [0.15, 0.2) is 0 Å². The molecule has 0 fully saturated rings. The summed E-state index contributed by atoms with van der Waals surface area (Å²) in [5.41, 5.74) is 1.54. The molecular weight excluding hydrogens is 259 g/mol. The van der Waals surface area contributed by atoms with E-state index in [9.17, 15) is 14.6 Å². The van der Waals surface area contributed by atoms with Crippen molar-refractivity contribution in [2.24, 2.45) is 0 Å². The van der Waals surface area contributed by atoms with Crippen LogP contribution in [0.2, 0.25) is 0 Å². The second-order valence-corrected chi connectivity index (χ2v) is 4.43. The highest BCUT2D eigenvalue weighted by molar-refractivity contribution is 5.82. The third kappa shape index (κ3) is 1.92. The first-order valence-corrected chi connectivity index (χ1v) is 6.26. The first-order chi connectivity index (χ1) is 9.72. The van der Waals surface area contributed by atoms with Gasteiger partial charge >= 0.3 is 0 Å². The lowest BCUT2D eigenvalue weighted by atomic mass is 10.1. The molecule has 0 amide bonds. The van der Waals surface area contributed by atoms with Crippen LogP contribution in [0.1, 0.15) is 0 Å². The molecule has 0 aliphatic rings. The number of aliphatic hydroxyl groups is 1. The molecule has 102 valence electrons. The van der Waals surface area contributed by atoms with Crippen molar-refractivity contribution in [3.63, 3.8) is 0 Å². The van der Waals surface area contributed by atoms with Gasteiger partial charge in [-0.2, -0.15) is 0 Å². The van der Waals surface area contributed by atoms with Crippen LogP contribution in [0.4, 0.5) is 4.39 Å². The summed E-state index contributed by atoms with van der Waals surface area (Å²) >= 11 is 0. The number of hydrogen-bond acceptors (Lipinski definition) is 3. The van der Waals surface area contributed by atoms with Gasteiger partial charge in [-0.05, 0) is 24.3 Å². The number of aliphatic hydroxyl groups excluding tert-OH is 1. The molecule has 5 heteroatoms. The maximum atomic E-state index is 14.0. The lowest BCUT2D eigenvalue weighted by Gasteiger charge is -2.09. The second kappa shape index (κ2) is 4.94. The van der Waals surface area contributed by atoms with E-state index in [1.807, 2.05) is 24.3 Å².